The largest absolute Gasteiger partial charge is 0.494 e. The summed E-state index contributed by atoms with van der Waals surface area (Å²) in [5, 5.41) is 0. The molecule has 0 bridgehead atoms. The minimum atomic E-state index is -0.160. The van der Waals surface area contributed by atoms with E-state index >= 15 is 0 Å². The summed E-state index contributed by atoms with van der Waals surface area (Å²) in [5.41, 5.74) is 7.11. The average Bonchev–Trinajstić information content (AvgIpc) is 2.73. The van der Waals surface area contributed by atoms with Gasteiger partial charge in [-0.2, -0.15) is 0 Å². The second-order valence-electron chi connectivity index (χ2n) is 9.86. The standard InChI is InChI=1S/C28H36N2O2S/c1-9-31-21-11-13-25-23(15-21)19(3)17-27(5,6)29(25)33-30-26-14-12-22(32-10-2)16-24(26)20(4)18-28(30,7)8/h11-18H,9-10H2,1-8H3. The van der Waals surface area contributed by atoms with Gasteiger partial charge in [0.1, 0.15) is 11.5 Å². The highest BCUT2D eigenvalue weighted by Crippen LogP contribution is 2.50. The van der Waals surface area contributed by atoms with Crippen molar-refractivity contribution in [2.75, 3.05) is 21.8 Å². The van der Waals surface area contributed by atoms with Gasteiger partial charge in [-0.05, 0) is 103 Å². The summed E-state index contributed by atoms with van der Waals surface area (Å²) < 4.78 is 16.5. The second kappa shape index (κ2) is 8.68. The van der Waals surface area contributed by atoms with Crippen molar-refractivity contribution in [3.05, 3.63) is 59.7 Å². The maximum atomic E-state index is 5.80. The smallest absolute Gasteiger partial charge is 0.120 e. The van der Waals surface area contributed by atoms with Crippen LogP contribution in [0.15, 0.2) is 48.6 Å². The Bertz CT molecular complexity index is 1030. The molecular weight excluding hydrogens is 428 g/mol. The fraction of sp³-hybridized carbons (Fsp3) is 0.429. The van der Waals surface area contributed by atoms with E-state index in [1.54, 1.807) is 12.1 Å². The van der Waals surface area contributed by atoms with Crippen LogP contribution >= 0.6 is 12.1 Å². The molecule has 4 nitrogen and oxygen atoms in total. The van der Waals surface area contributed by atoms with E-state index < -0.39 is 0 Å². The lowest BCUT2D eigenvalue weighted by Gasteiger charge is -2.49. The third-order valence-corrected chi connectivity index (χ3v) is 7.86. The first-order valence-corrected chi connectivity index (χ1v) is 12.5. The summed E-state index contributed by atoms with van der Waals surface area (Å²) >= 11 is 1.78. The third kappa shape index (κ3) is 4.35. The number of rotatable bonds is 6. The van der Waals surface area contributed by atoms with Crippen LogP contribution in [0, 0.1) is 0 Å². The van der Waals surface area contributed by atoms with Crippen molar-refractivity contribution in [1.82, 2.24) is 0 Å². The second-order valence-corrected chi connectivity index (χ2v) is 10.7. The monoisotopic (exact) mass is 464 g/mol. The normalized spacial score (nSPS) is 18.2. The fourth-order valence-corrected chi connectivity index (χ4v) is 6.05. The van der Waals surface area contributed by atoms with Crippen LogP contribution in [0.3, 0.4) is 0 Å². The SMILES string of the molecule is CCOc1ccc2c(c1)C(C)=CC(C)(C)N2SN1c2ccc(OCC)cc2C(C)=CC1(C)C. The van der Waals surface area contributed by atoms with Gasteiger partial charge in [0.25, 0.3) is 0 Å². The molecule has 0 spiro atoms. The zero-order valence-corrected chi connectivity index (χ0v) is 22.0. The first-order valence-electron chi connectivity index (χ1n) is 11.8. The van der Waals surface area contributed by atoms with E-state index in [1.807, 2.05) is 13.8 Å². The summed E-state index contributed by atoms with van der Waals surface area (Å²) in [6.45, 7) is 18.9. The molecular formula is C28H36N2O2S. The minimum Gasteiger partial charge on any atom is -0.494 e. The van der Waals surface area contributed by atoms with Crippen LogP contribution in [-0.2, 0) is 0 Å². The number of hydrogen-bond donors (Lipinski definition) is 0. The molecule has 2 aromatic carbocycles. The molecule has 0 unspecified atom stereocenters. The molecule has 0 N–H and O–H groups in total. The van der Waals surface area contributed by atoms with E-state index in [9.17, 15) is 0 Å². The van der Waals surface area contributed by atoms with Gasteiger partial charge in [-0.1, -0.05) is 12.2 Å². The minimum absolute atomic E-state index is 0.160. The van der Waals surface area contributed by atoms with Crippen LogP contribution in [-0.4, -0.2) is 24.3 Å². The number of fused-ring (bicyclic) bond motifs is 2. The van der Waals surface area contributed by atoms with Gasteiger partial charge in [0, 0.05) is 11.1 Å². The van der Waals surface area contributed by atoms with Crippen LogP contribution < -0.4 is 18.1 Å². The van der Waals surface area contributed by atoms with Crippen molar-refractivity contribution in [2.45, 2.75) is 66.5 Å². The third-order valence-electron chi connectivity index (χ3n) is 6.19. The van der Waals surface area contributed by atoms with Gasteiger partial charge < -0.3 is 9.47 Å². The quantitative estimate of drug-likeness (QED) is 0.407. The van der Waals surface area contributed by atoms with Crippen LogP contribution in [0.4, 0.5) is 11.4 Å². The van der Waals surface area contributed by atoms with Crippen LogP contribution in [0.1, 0.15) is 66.5 Å². The average molecular weight is 465 g/mol. The molecule has 0 saturated heterocycles. The van der Waals surface area contributed by atoms with Crippen LogP contribution in [0.5, 0.6) is 11.5 Å². The first kappa shape index (κ1) is 23.6. The Morgan fingerprint density at radius 3 is 1.45 bits per heavy atom. The number of hydrogen-bond acceptors (Lipinski definition) is 5. The van der Waals surface area contributed by atoms with E-state index in [-0.39, 0.29) is 11.1 Å². The summed E-state index contributed by atoms with van der Waals surface area (Å²) in [6, 6.07) is 12.9. The van der Waals surface area contributed by atoms with E-state index in [1.165, 1.54) is 33.6 Å². The molecule has 2 aliphatic rings. The Morgan fingerprint density at radius 1 is 0.697 bits per heavy atom. The van der Waals surface area contributed by atoms with Crippen molar-refractivity contribution in [2.24, 2.45) is 0 Å². The lowest BCUT2D eigenvalue weighted by molar-refractivity contribution is 0.340. The number of benzene rings is 2. The lowest BCUT2D eigenvalue weighted by atomic mass is 9.91. The topological polar surface area (TPSA) is 24.9 Å². The van der Waals surface area contributed by atoms with Crippen molar-refractivity contribution in [1.29, 1.82) is 0 Å². The lowest BCUT2D eigenvalue weighted by Crippen LogP contribution is -2.48. The zero-order valence-electron chi connectivity index (χ0n) is 21.2. The molecule has 2 aliphatic heterocycles. The van der Waals surface area contributed by atoms with E-state index in [4.69, 9.17) is 9.47 Å². The molecule has 33 heavy (non-hydrogen) atoms. The number of ether oxygens (including phenoxy) is 2. The van der Waals surface area contributed by atoms with Crippen LogP contribution in [0.25, 0.3) is 11.1 Å². The molecule has 0 radical (unpaired) electrons. The molecule has 0 fully saturated rings. The van der Waals surface area contributed by atoms with E-state index in [2.05, 4.69) is 98.7 Å². The molecule has 0 atom stereocenters. The van der Waals surface area contributed by atoms with Gasteiger partial charge in [-0.25, -0.2) is 0 Å². The Hall–Kier alpha value is -2.53. The van der Waals surface area contributed by atoms with Crippen molar-refractivity contribution < 1.29 is 9.47 Å². The van der Waals surface area contributed by atoms with E-state index in [0.717, 1.165) is 11.5 Å². The molecule has 0 aliphatic carbocycles. The van der Waals surface area contributed by atoms with Crippen molar-refractivity contribution in [3.8, 4) is 11.5 Å². The molecule has 2 heterocycles. The van der Waals surface area contributed by atoms with Gasteiger partial charge in [0.05, 0.1) is 47.8 Å². The Balaban J connectivity index is 1.78. The first-order chi connectivity index (χ1) is 15.6. The molecule has 4 rings (SSSR count). The number of anilines is 2. The summed E-state index contributed by atoms with van der Waals surface area (Å²) in [4.78, 5) is 0. The van der Waals surface area contributed by atoms with Crippen molar-refractivity contribution >= 4 is 34.7 Å². The van der Waals surface area contributed by atoms with Gasteiger partial charge in [0.2, 0.25) is 0 Å². The molecule has 176 valence electrons. The van der Waals surface area contributed by atoms with Gasteiger partial charge in [-0.3, -0.25) is 8.61 Å². The summed E-state index contributed by atoms with van der Waals surface area (Å²) in [5.74, 6) is 1.83. The molecule has 0 amide bonds. The Morgan fingerprint density at radius 2 is 1.09 bits per heavy atom. The Kier molecular flexibility index (Phi) is 6.21. The predicted octanol–water partition coefficient (Wildman–Crippen LogP) is 7.75. The molecule has 0 aromatic heterocycles. The summed E-state index contributed by atoms with van der Waals surface area (Å²) in [7, 11) is 0. The summed E-state index contributed by atoms with van der Waals surface area (Å²) in [6.07, 6.45) is 4.71. The van der Waals surface area contributed by atoms with Crippen molar-refractivity contribution in [3.63, 3.8) is 0 Å². The maximum absolute atomic E-state index is 5.80. The van der Waals surface area contributed by atoms with E-state index in [0.29, 0.717) is 13.2 Å². The highest BCUT2D eigenvalue weighted by molar-refractivity contribution is 8.02. The predicted molar refractivity (Wildman–Crippen MR) is 143 cm³/mol. The molecule has 0 saturated carbocycles. The van der Waals surface area contributed by atoms with Crippen LogP contribution in [0.2, 0.25) is 0 Å². The highest BCUT2D eigenvalue weighted by atomic mass is 32.2. The number of allylic oxidation sites excluding steroid dienone is 2. The molecule has 2 aromatic rings. The highest BCUT2D eigenvalue weighted by Gasteiger charge is 2.39. The molecule has 5 heteroatoms. The fourth-order valence-electron chi connectivity index (χ4n) is 4.86. The van der Waals surface area contributed by atoms with Gasteiger partial charge in [0.15, 0.2) is 0 Å². The number of nitrogens with zero attached hydrogens (tertiary/aromatic N) is 2. The Labute approximate surface area is 203 Å². The zero-order chi connectivity index (χ0) is 24.0. The maximum Gasteiger partial charge on any atom is 0.120 e. The van der Waals surface area contributed by atoms with Gasteiger partial charge in [-0.15, -0.1) is 0 Å². The van der Waals surface area contributed by atoms with Gasteiger partial charge >= 0.3 is 0 Å².